The molecule has 1 aromatic rings. The van der Waals surface area contributed by atoms with Gasteiger partial charge in [0.25, 0.3) is 0 Å². The molecule has 0 amide bonds. The van der Waals surface area contributed by atoms with Crippen LogP contribution >= 0.6 is 0 Å². The molecule has 106 valence electrons. The summed E-state index contributed by atoms with van der Waals surface area (Å²) in [4.78, 5) is 4.23. The third kappa shape index (κ3) is 3.06. The summed E-state index contributed by atoms with van der Waals surface area (Å²) in [5.74, 6) is -0.0338. The number of pyridine rings is 1. The lowest BCUT2D eigenvalue weighted by Crippen LogP contribution is -2.30. The van der Waals surface area contributed by atoms with E-state index < -0.39 is 9.84 Å². The van der Waals surface area contributed by atoms with Crippen molar-refractivity contribution < 1.29 is 13.2 Å². The maximum absolute atomic E-state index is 12.4. The Kier molecular flexibility index (Phi) is 4.10. The molecule has 6 heteroatoms. The van der Waals surface area contributed by atoms with Crippen molar-refractivity contribution in [3.63, 3.8) is 0 Å². The average molecular weight is 284 g/mol. The second-order valence-electron chi connectivity index (χ2n) is 5.05. The number of sulfone groups is 1. The second-order valence-corrected chi connectivity index (χ2v) is 7.33. The van der Waals surface area contributed by atoms with Gasteiger partial charge in [-0.3, -0.25) is 4.98 Å². The van der Waals surface area contributed by atoms with Crippen LogP contribution in [-0.2, 0) is 20.3 Å². The van der Waals surface area contributed by atoms with E-state index in [4.69, 9.17) is 10.5 Å². The predicted molar refractivity (Wildman–Crippen MR) is 74.6 cm³/mol. The summed E-state index contributed by atoms with van der Waals surface area (Å²) in [5.41, 5.74) is 8.77. The Morgan fingerprint density at radius 1 is 1.37 bits per heavy atom. The van der Waals surface area contributed by atoms with E-state index in [1.54, 1.807) is 6.20 Å². The van der Waals surface area contributed by atoms with Gasteiger partial charge in [0.15, 0.2) is 9.84 Å². The maximum atomic E-state index is 12.4. The van der Waals surface area contributed by atoms with Gasteiger partial charge in [-0.1, -0.05) is 0 Å². The number of nitrogens with zero attached hydrogens (tertiary/aromatic N) is 1. The summed E-state index contributed by atoms with van der Waals surface area (Å²) in [6, 6.07) is 0. The molecule has 0 saturated carbocycles. The summed E-state index contributed by atoms with van der Waals surface area (Å²) in [6.45, 7) is 4.73. The van der Waals surface area contributed by atoms with E-state index in [1.165, 1.54) is 0 Å². The van der Waals surface area contributed by atoms with Gasteiger partial charge >= 0.3 is 0 Å². The zero-order valence-electron chi connectivity index (χ0n) is 11.3. The Balaban J connectivity index is 2.23. The third-order valence-electron chi connectivity index (χ3n) is 3.69. The molecule has 0 spiro atoms. The Morgan fingerprint density at radius 2 is 2.00 bits per heavy atom. The zero-order chi connectivity index (χ0) is 14.0. The monoisotopic (exact) mass is 284 g/mol. The van der Waals surface area contributed by atoms with Crippen molar-refractivity contribution in [3.8, 4) is 0 Å². The highest BCUT2D eigenvalue weighted by atomic mass is 32.2. The van der Waals surface area contributed by atoms with E-state index in [2.05, 4.69) is 4.98 Å². The van der Waals surface area contributed by atoms with Crippen molar-refractivity contribution in [1.29, 1.82) is 0 Å². The van der Waals surface area contributed by atoms with Gasteiger partial charge in [0.2, 0.25) is 0 Å². The number of anilines is 1. The van der Waals surface area contributed by atoms with Gasteiger partial charge < -0.3 is 10.5 Å². The van der Waals surface area contributed by atoms with E-state index in [0.717, 1.165) is 11.1 Å². The van der Waals surface area contributed by atoms with Crippen LogP contribution in [0.3, 0.4) is 0 Å². The highest BCUT2D eigenvalue weighted by molar-refractivity contribution is 7.91. The normalized spacial score (nSPS) is 17.6. The molecular weight excluding hydrogens is 264 g/mol. The Bertz CT molecular complexity index is 563. The molecule has 0 unspecified atom stereocenters. The number of nitrogens with two attached hydrogens (primary N) is 1. The lowest BCUT2D eigenvalue weighted by Gasteiger charge is -2.22. The summed E-state index contributed by atoms with van der Waals surface area (Å²) in [7, 11) is -3.19. The van der Waals surface area contributed by atoms with Crippen LogP contribution in [0.4, 0.5) is 5.69 Å². The van der Waals surface area contributed by atoms with E-state index in [9.17, 15) is 8.42 Å². The molecule has 2 rings (SSSR count). The third-order valence-corrected chi connectivity index (χ3v) is 5.85. The minimum atomic E-state index is -3.19. The molecule has 1 saturated heterocycles. The standard InChI is InChI=1S/C13H20N2O3S/c1-9-7-15-12(10(2)13(9)14)8-19(16,17)11-3-5-18-6-4-11/h7,11H,3-6,8H2,1-2H3,(H2,14,15). The summed E-state index contributed by atoms with van der Waals surface area (Å²) in [6.07, 6.45) is 2.78. The number of hydrogen-bond acceptors (Lipinski definition) is 5. The van der Waals surface area contributed by atoms with Gasteiger partial charge in [-0.2, -0.15) is 0 Å². The molecule has 2 N–H and O–H groups in total. The topological polar surface area (TPSA) is 82.3 Å². The highest BCUT2D eigenvalue weighted by Crippen LogP contribution is 2.24. The minimum Gasteiger partial charge on any atom is -0.398 e. The van der Waals surface area contributed by atoms with E-state index >= 15 is 0 Å². The van der Waals surface area contributed by atoms with Crippen LogP contribution in [0.2, 0.25) is 0 Å². The van der Waals surface area contributed by atoms with Crippen LogP contribution < -0.4 is 5.73 Å². The molecule has 0 aromatic carbocycles. The second kappa shape index (κ2) is 5.46. The van der Waals surface area contributed by atoms with Gasteiger partial charge in [0.1, 0.15) is 0 Å². The van der Waals surface area contributed by atoms with Crippen molar-refractivity contribution >= 4 is 15.5 Å². The quantitative estimate of drug-likeness (QED) is 0.906. The van der Waals surface area contributed by atoms with Crippen molar-refractivity contribution in [2.45, 2.75) is 37.7 Å². The molecule has 2 heterocycles. The predicted octanol–water partition coefficient (Wildman–Crippen LogP) is 1.37. The smallest absolute Gasteiger partial charge is 0.159 e. The van der Waals surface area contributed by atoms with Crippen LogP contribution in [0.5, 0.6) is 0 Å². The van der Waals surface area contributed by atoms with Gasteiger partial charge in [0.05, 0.1) is 16.7 Å². The number of aromatic nitrogens is 1. The van der Waals surface area contributed by atoms with Gasteiger partial charge in [0, 0.05) is 25.1 Å². The lowest BCUT2D eigenvalue weighted by molar-refractivity contribution is 0.0983. The number of aryl methyl sites for hydroxylation is 1. The average Bonchev–Trinajstić information content (AvgIpc) is 2.40. The SMILES string of the molecule is Cc1cnc(CS(=O)(=O)C2CCOCC2)c(C)c1N. The fourth-order valence-electron chi connectivity index (χ4n) is 2.28. The van der Waals surface area contributed by atoms with Crippen LogP contribution in [0.25, 0.3) is 0 Å². The molecule has 5 nitrogen and oxygen atoms in total. The fraction of sp³-hybridized carbons (Fsp3) is 0.615. The number of hydrogen-bond donors (Lipinski definition) is 1. The summed E-state index contributed by atoms with van der Waals surface area (Å²) < 4.78 is 29.9. The zero-order valence-corrected chi connectivity index (χ0v) is 12.2. The number of rotatable bonds is 3. The highest BCUT2D eigenvalue weighted by Gasteiger charge is 2.29. The molecule has 0 aliphatic carbocycles. The number of ether oxygens (including phenoxy) is 1. The van der Waals surface area contributed by atoms with Gasteiger partial charge in [-0.15, -0.1) is 0 Å². The lowest BCUT2D eigenvalue weighted by atomic mass is 10.1. The first-order valence-corrected chi connectivity index (χ1v) is 8.13. The van der Waals surface area contributed by atoms with Crippen molar-refractivity contribution in [2.24, 2.45) is 0 Å². The minimum absolute atomic E-state index is 0.0338. The summed E-state index contributed by atoms with van der Waals surface area (Å²) in [5, 5.41) is -0.315. The van der Waals surface area contributed by atoms with Crippen LogP contribution in [0.15, 0.2) is 6.20 Å². The van der Waals surface area contributed by atoms with Crippen LogP contribution in [0.1, 0.15) is 29.7 Å². The first-order valence-electron chi connectivity index (χ1n) is 6.41. The Morgan fingerprint density at radius 3 is 2.63 bits per heavy atom. The number of nitrogen functional groups attached to an aromatic ring is 1. The molecule has 1 aliphatic heterocycles. The molecule has 0 bridgehead atoms. The summed E-state index contributed by atoms with van der Waals surface area (Å²) >= 11 is 0. The first kappa shape index (κ1) is 14.3. The molecule has 19 heavy (non-hydrogen) atoms. The molecule has 1 aliphatic rings. The molecule has 1 aromatic heterocycles. The molecule has 1 fully saturated rings. The maximum Gasteiger partial charge on any atom is 0.159 e. The van der Waals surface area contributed by atoms with Crippen molar-refractivity contribution in [2.75, 3.05) is 18.9 Å². The Hall–Kier alpha value is -1.14. The molecule has 0 radical (unpaired) electrons. The van der Waals surface area contributed by atoms with Gasteiger partial charge in [-0.25, -0.2) is 8.42 Å². The van der Waals surface area contributed by atoms with Crippen molar-refractivity contribution in [1.82, 2.24) is 4.98 Å². The van der Waals surface area contributed by atoms with Crippen LogP contribution in [-0.4, -0.2) is 31.9 Å². The fourth-order valence-corrected chi connectivity index (χ4v) is 4.10. The van der Waals surface area contributed by atoms with Crippen LogP contribution in [0, 0.1) is 13.8 Å². The molecule has 0 atom stereocenters. The van der Waals surface area contributed by atoms with E-state index in [1.807, 2.05) is 13.8 Å². The molecular formula is C13H20N2O3S. The van der Waals surface area contributed by atoms with E-state index in [-0.39, 0.29) is 11.0 Å². The van der Waals surface area contributed by atoms with E-state index in [0.29, 0.717) is 37.4 Å². The van der Waals surface area contributed by atoms with Gasteiger partial charge in [-0.05, 0) is 37.8 Å². The Labute approximate surface area is 114 Å². The first-order chi connectivity index (χ1) is 8.92. The van der Waals surface area contributed by atoms with Crippen molar-refractivity contribution in [3.05, 3.63) is 23.0 Å². The largest absolute Gasteiger partial charge is 0.398 e.